The van der Waals surface area contributed by atoms with Crippen LogP contribution in [0.2, 0.25) is 0 Å². The van der Waals surface area contributed by atoms with Crippen molar-refractivity contribution in [3.05, 3.63) is 79.1 Å². The van der Waals surface area contributed by atoms with Crippen molar-refractivity contribution < 1.29 is 58.9 Å². The van der Waals surface area contributed by atoms with Crippen molar-refractivity contribution in [1.29, 1.82) is 0 Å². The summed E-state index contributed by atoms with van der Waals surface area (Å²) < 4.78 is 124. The van der Waals surface area contributed by atoms with E-state index in [0.29, 0.717) is 0 Å². The van der Waals surface area contributed by atoms with Gasteiger partial charge in [0.1, 0.15) is 16.2 Å². The molecule has 202 valence electrons. The van der Waals surface area contributed by atoms with Gasteiger partial charge in [0.15, 0.2) is 19.4 Å². The second-order valence-electron chi connectivity index (χ2n) is 7.18. The molecule has 0 fully saturated rings. The number of aromatic nitrogens is 2. The van der Waals surface area contributed by atoms with Crippen LogP contribution in [0.4, 0.5) is 50.4 Å². The molecule has 4 aromatic rings. The zero-order chi connectivity index (χ0) is 27.8. The molecule has 0 saturated heterocycles. The van der Waals surface area contributed by atoms with Gasteiger partial charge in [-0.3, -0.25) is 0 Å². The number of hydrogen-bond acceptors (Lipinski definition) is 1. The van der Waals surface area contributed by atoms with Crippen molar-refractivity contribution >= 4 is 37.2 Å². The molecular weight excluding hydrogens is 578 g/mol. The van der Waals surface area contributed by atoms with Crippen molar-refractivity contribution in [1.82, 2.24) is 0 Å². The Bertz CT molecular complexity index is 1300. The Kier molecular flexibility index (Phi) is 6.82. The predicted molar refractivity (Wildman–Crippen MR) is 117 cm³/mol. The Labute approximate surface area is 199 Å². The van der Waals surface area contributed by atoms with Gasteiger partial charge in [-0.2, -0.15) is 4.57 Å². The van der Waals surface area contributed by atoms with E-state index in [0.717, 1.165) is 0 Å². The molecule has 0 spiro atoms. The average molecular weight is 594 g/mol. The van der Waals surface area contributed by atoms with E-state index >= 15 is 0 Å². The van der Waals surface area contributed by atoms with Crippen LogP contribution in [-0.4, -0.2) is 0 Å². The molecule has 4 rings (SSSR count). The number of fused-ring (bicyclic) bond motifs is 1. The van der Waals surface area contributed by atoms with Crippen LogP contribution in [-0.2, 0) is 7.05 Å². The van der Waals surface area contributed by atoms with Crippen molar-refractivity contribution in [2.24, 2.45) is 7.05 Å². The van der Waals surface area contributed by atoms with Crippen LogP contribution in [0.25, 0.3) is 27.0 Å². The summed E-state index contributed by atoms with van der Waals surface area (Å²) in [6.07, 6.45) is 4.24. The summed E-state index contributed by atoms with van der Waals surface area (Å²) in [5.41, 5.74) is 3.70. The van der Waals surface area contributed by atoms with Gasteiger partial charge >= 0.3 is 66.0 Å². The van der Waals surface area contributed by atoms with Crippen LogP contribution < -0.4 is 8.52 Å². The van der Waals surface area contributed by atoms with Crippen LogP contribution in [0.5, 0.6) is 0 Å². The summed E-state index contributed by atoms with van der Waals surface area (Å²) in [5.74, 6) is 0. The molecule has 0 radical (unpaired) electrons. The minimum absolute atomic E-state index is 1.17. The fraction of sp³-hybridized carbons (Fsp3) is 0.0526. The first-order chi connectivity index (χ1) is 15.7. The standard InChI is InChI=1S/C19H16N2S.2F6P/c1-20-19(17-9-5-6-10-18(17)22-20)15-11-13-21(14-12-15)16-7-3-2-4-8-16;2*1-7(2,3,4,5)6/h2-14H,1H3;;/q+2;2*-1. The molecule has 2 nitrogen and oxygen atoms in total. The van der Waals surface area contributed by atoms with Gasteiger partial charge in [0, 0.05) is 24.3 Å². The molecule has 0 aliphatic rings. The molecule has 0 atom stereocenters. The van der Waals surface area contributed by atoms with Crippen molar-refractivity contribution in [2.75, 3.05) is 0 Å². The molecule has 0 bridgehead atoms. The maximum absolute atomic E-state index is 10.7. The van der Waals surface area contributed by atoms with Gasteiger partial charge in [-0.25, -0.2) is 0 Å². The molecule has 0 aliphatic heterocycles. The summed E-state index contributed by atoms with van der Waals surface area (Å²) in [5, 5.41) is 1.31. The quantitative estimate of drug-likeness (QED) is 0.124. The first-order valence-corrected chi connectivity index (χ1v) is 14.1. The second kappa shape index (κ2) is 8.26. The molecular formula is C19H16F12N2P2S. The first-order valence-electron chi connectivity index (χ1n) is 9.31. The number of aryl methyl sites for hydroxylation is 1. The van der Waals surface area contributed by atoms with Crippen molar-refractivity contribution in [3.8, 4) is 16.9 Å². The average Bonchev–Trinajstić information content (AvgIpc) is 3.00. The van der Waals surface area contributed by atoms with Gasteiger partial charge in [0.25, 0.3) is 0 Å². The van der Waals surface area contributed by atoms with E-state index in [4.69, 9.17) is 0 Å². The zero-order valence-electron chi connectivity index (χ0n) is 17.7. The normalized spacial score (nSPS) is 15.7. The summed E-state index contributed by atoms with van der Waals surface area (Å²) in [6.45, 7) is 0. The van der Waals surface area contributed by atoms with Crippen molar-refractivity contribution in [3.63, 3.8) is 0 Å². The molecule has 0 aliphatic carbocycles. The summed E-state index contributed by atoms with van der Waals surface area (Å²) in [7, 11) is -19.2. The van der Waals surface area contributed by atoms with Gasteiger partial charge in [0.05, 0.1) is 10.9 Å². The van der Waals surface area contributed by atoms with Gasteiger partial charge in [-0.15, -0.1) is 3.96 Å². The van der Waals surface area contributed by atoms with E-state index in [1.165, 1.54) is 27.0 Å². The number of rotatable bonds is 2. The third kappa shape index (κ3) is 13.6. The van der Waals surface area contributed by atoms with Crippen LogP contribution in [0.3, 0.4) is 0 Å². The Morgan fingerprint density at radius 2 is 1.00 bits per heavy atom. The van der Waals surface area contributed by atoms with E-state index in [-0.39, 0.29) is 0 Å². The molecule has 0 unspecified atom stereocenters. The molecule has 0 N–H and O–H groups in total. The third-order valence-electron chi connectivity index (χ3n) is 3.85. The monoisotopic (exact) mass is 594 g/mol. The number of para-hydroxylation sites is 1. The van der Waals surface area contributed by atoms with E-state index in [9.17, 15) is 50.4 Å². The molecule has 0 saturated carbocycles. The van der Waals surface area contributed by atoms with Gasteiger partial charge in [0.2, 0.25) is 11.4 Å². The SMILES string of the molecule is C[n+]1sc2ccccc2c1-c1cc[n+](-c2ccccc2)cc1.F[P-](F)(F)(F)(F)F.F[P-](F)(F)(F)(F)F. The van der Waals surface area contributed by atoms with Crippen LogP contribution in [0, 0.1) is 0 Å². The number of benzene rings is 2. The van der Waals surface area contributed by atoms with Gasteiger partial charge in [-0.05, 0) is 12.1 Å². The molecule has 2 aromatic carbocycles. The summed E-state index contributed by atoms with van der Waals surface area (Å²) >= 11 is 1.78. The Hall–Kier alpha value is -2.50. The van der Waals surface area contributed by atoms with E-state index in [1.54, 1.807) is 11.5 Å². The minimum atomic E-state index is -10.7. The summed E-state index contributed by atoms with van der Waals surface area (Å²) in [4.78, 5) is 0. The van der Waals surface area contributed by atoms with Gasteiger partial charge in [-0.1, -0.05) is 30.3 Å². The van der Waals surface area contributed by atoms with E-state index in [2.05, 4.69) is 88.6 Å². The van der Waals surface area contributed by atoms with Crippen LogP contribution in [0.15, 0.2) is 79.1 Å². The third-order valence-corrected chi connectivity index (χ3v) is 4.86. The number of hydrogen-bond donors (Lipinski definition) is 0. The Morgan fingerprint density at radius 1 is 0.583 bits per heavy atom. The van der Waals surface area contributed by atoms with Crippen LogP contribution in [0.1, 0.15) is 0 Å². The van der Waals surface area contributed by atoms with E-state index in [1.807, 2.05) is 6.07 Å². The summed E-state index contributed by atoms with van der Waals surface area (Å²) in [6, 6.07) is 23.3. The molecule has 36 heavy (non-hydrogen) atoms. The first kappa shape index (κ1) is 29.7. The maximum atomic E-state index is 9.87. The Morgan fingerprint density at radius 3 is 1.47 bits per heavy atom. The Balaban J connectivity index is 0.000000271. The predicted octanol–water partition coefficient (Wildman–Crippen LogP) is 10.4. The second-order valence-corrected chi connectivity index (χ2v) is 12.2. The number of halogens is 12. The van der Waals surface area contributed by atoms with Gasteiger partial charge < -0.3 is 0 Å². The topological polar surface area (TPSA) is 7.76 Å². The number of pyridine rings is 1. The number of nitrogens with zero attached hydrogens (tertiary/aromatic N) is 2. The fourth-order valence-corrected chi connectivity index (χ4v) is 3.79. The molecule has 2 heterocycles. The molecule has 0 amide bonds. The van der Waals surface area contributed by atoms with Crippen LogP contribution >= 0.6 is 27.1 Å². The molecule has 2 aromatic heterocycles. The fourth-order valence-electron chi connectivity index (χ4n) is 2.80. The van der Waals surface area contributed by atoms with Crippen molar-refractivity contribution in [2.45, 2.75) is 0 Å². The van der Waals surface area contributed by atoms with E-state index < -0.39 is 15.6 Å². The molecule has 17 heteroatoms. The zero-order valence-corrected chi connectivity index (χ0v) is 20.3.